The summed E-state index contributed by atoms with van der Waals surface area (Å²) in [6.45, 7) is 2.00. The van der Waals surface area contributed by atoms with Gasteiger partial charge < -0.3 is 15.4 Å². The van der Waals surface area contributed by atoms with E-state index in [1.54, 1.807) is 12.1 Å². The van der Waals surface area contributed by atoms with Crippen molar-refractivity contribution in [1.29, 1.82) is 5.26 Å². The third kappa shape index (κ3) is 2.95. The predicted molar refractivity (Wildman–Crippen MR) is 100 cm³/mol. The van der Waals surface area contributed by atoms with E-state index in [0.29, 0.717) is 11.3 Å². The van der Waals surface area contributed by atoms with Crippen LogP contribution in [0.15, 0.2) is 53.9 Å². The summed E-state index contributed by atoms with van der Waals surface area (Å²) < 4.78 is 5.74. The van der Waals surface area contributed by atoms with Gasteiger partial charge in [-0.25, -0.2) is 0 Å². The minimum atomic E-state index is -0.494. The van der Waals surface area contributed by atoms with E-state index in [0.717, 1.165) is 37.2 Å². The molecule has 4 rings (SSSR count). The Bertz CT molecular complexity index is 987. The van der Waals surface area contributed by atoms with E-state index in [2.05, 4.69) is 11.0 Å². The summed E-state index contributed by atoms with van der Waals surface area (Å²) in [6, 6.07) is 14.3. The van der Waals surface area contributed by atoms with Crippen LogP contribution in [0.25, 0.3) is 0 Å². The first-order chi connectivity index (χ1) is 13.1. The number of nitro benzene ring substituents is 1. The number of nitro groups is 1. The fourth-order valence-electron chi connectivity index (χ4n) is 3.78. The molecule has 0 aliphatic carbocycles. The lowest BCUT2D eigenvalue weighted by Gasteiger charge is -2.28. The van der Waals surface area contributed by atoms with Gasteiger partial charge in [0.1, 0.15) is 17.4 Å². The quantitative estimate of drug-likeness (QED) is 0.662. The molecule has 2 aromatic carbocycles. The zero-order valence-electron chi connectivity index (χ0n) is 14.6. The second-order valence-electron chi connectivity index (χ2n) is 6.69. The van der Waals surface area contributed by atoms with Gasteiger partial charge in [0.25, 0.3) is 5.69 Å². The standard InChI is InChI=1S/C20H18N4O3/c21-12-17-19(13-4-3-5-15(10-13)24(25)26)16-7-6-14(23-8-1-2-9-23)11-18(16)27-20(17)22/h3-7,10-11,19H,1-2,8-9,22H2. The minimum Gasteiger partial charge on any atom is -0.440 e. The van der Waals surface area contributed by atoms with Crippen molar-refractivity contribution in [2.45, 2.75) is 18.8 Å². The number of hydrogen-bond donors (Lipinski definition) is 1. The topological polar surface area (TPSA) is 105 Å². The second-order valence-corrected chi connectivity index (χ2v) is 6.69. The number of allylic oxidation sites excluding steroid dienone is 1. The highest BCUT2D eigenvalue weighted by Crippen LogP contribution is 2.44. The zero-order valence-corrected chi connectivity index (χ0v) is 14.6. The average molecular weight is 362 g/mol. The number of ether oxygens (including phenoxy) is 1. The molecule has 1 atom stereocenters. The monoisotopic (exact) mass is 362 g/mol. The van der Waals surface area contributed by atoms with E-state index in [-0.39, 0.29) is 17.1 Å². The van der Waals surface area contributed by atoms with Gasteiger partial charge in [-0.1, -0.05) is 18.2 Å². The first-order valence-electron chi connectivity index (χ1n) is 8.79. The fraction of sp³-hybridized carbons (Fsp3) is 0.250. The van der Waals surface area contributed by atoms with Crippen LogP contribution in [0.3, 0.4) is 0 Å². The Labute approximate surface area is 156 Å². The summed E-state index contributed by atoms with van der Waals surface area (Å²) in [7, 11) is 0. The Kier molecular flexibility index (Phi) is 4.16. The van der Waals surface area contributed by atoms with Crippen molar-refractivity contribution < 1.29 is 9.66 Å². The minimum absolute atomic E-state index is 0.0231. The number of rotatable bonds is 3. The van der Waals surface area contributed by atoms with Crippen LogP contribution in [0.5, 0.6) is 5.75 Å². The molecular weight excluding hydrogens is 344 g/mol. The van der Waals surface area contributed by atoms with Crippen LogP contribution in [-0.4, -0.2) is 18.0 Å². The highest BCUT2D eigenvalue weighted by molar-refractivity contribution is 5.62. The molecular formula is C20H18N4O3. The average Bonchev–Trinajstić information content (AvgIpc) is 3.21. The van der Waals surface area contributed by atoms with Gasteiger partial charge in [0.05, 0.1) is 10.8 Å². The number of nitrogens with two attached hydrogens (primary N) is 1. The number of benzene rings is 2. The largest absolute Gasteiger partial charge is 0.440 e. The lowest BCUT2D eigenvalue weighted by Crippen LogP contribution is -2.22. The van der Waals surface area contributed by atoms with E-state index in [9.17, 15) is 15.4 Å². The Balaban J connectivity index is 1.82. The van der Waals surface area contributed by atoms with Crippen molar-refractivity contribution in [3.8, 4) is 11.8 Å². The summed E-state index contributed by atoms with van der Waals surface area (Å²) in [5.74, 6) is 0.138. The predicted octanol–water partition coefficient (Wildman–Crippen LogP) is 3.41. The lowest BCUT2D eigenvalue weighted by atomic mass is 9.83. The Morgan fingerprint density at radius 1 is 1.22 bits per heavy atom. The fourth-order valence-corrected chi connectivity index (χ4v) is 3.78. The van der Waals surface area contributed by atoms with E-state index in [4.69, 9.17) is 10.5 Å². The van der Waals surface area contributed by atoms with Crippen molar-refractivity contribution in [3.05, 3.63) is 75.2 Å². The SMILES string of the molecule is N#CC1=C(N)Oc2cc(N3CCCC3)ccc2C1c1cccc([N+](=O)[O-])c1. The molecule has 27 heavy (non-hydrogen) atoms. The summed E-state index contributed by atoms with van der Waals surface area (Å²) in [6.07, 6.45) is 2.32. The third-order valence-electron chi connectivity index (χ3n) is 5.09. The summed E-state index contributed by atoms with van der Waals surface area (Å²) in [4.78, 5) is 13.0. The van der Waals surface area contributed by atoms with Gasteiger partial charge in [0.15, 0.2) is 0 Å². The molecule has 2 heterocycles. The Morgan fingerprint density at radius 3 is 2.70 bits per heavy atom. The van der Waals surface area contributed by atoms with Crippen LogP contribution >= 0.6 is 0 Å². The van der Waals surface area contributed by atoms with Crippen LogP contribution in [0.4, 0.5) is 11.4 Å². The first-order valence-corrected chi connectivity index (χ1v) is 8.79. The molecule has 136 valence electrons. The van der Waals surface area contributed by atoms with E-state index < -0.39 is 10.8 Å². The molecule has 7 heteroatoms. The van der Waals surface area contributed by atoms with Gasteiger partial charge in [-0.3, -0.25) is 10.1 Å². The Morgan fingerprint density at radius 2 is 2.00 bits per heavy atom. The maximum atomic E-state index is 11.2. The van der Waals surface area contributed by atoms with Gasteiger partial charge in [0, 0.05) is 42.5 Å². The van der Waals surface area contributed by atoms with Crippen molar-refractivity contribution in [1.82, 2.24) is 0 Å². The summed E-state index contributed by atoms with van der Waals surface area (Å²) in [5.41, 5.74) is 8.73. The molecule has 2 aliphatic heterocycles. The molecule has 2 N–H and O–H groups in total. The Hall–Kier alpha value is -3.53. The van der Waals surface area contributed by atoms with Crippen LogP contribution < -0.4 is 15.4 Å². The van der Waals surface area contributed by atoms with Gasteiger partial charge in [-0.15, -0.1) is 0 Å². The van der Waals surface area contributed by atoms with Crippen molar-refractivity contribution in [3.63, 3.8) is 0 Å². The molecule has 2 aliphatic rings. The molecule has 7 nitrogen and oxygen atoms in total. The van der Waals surface area contributed by atoms with Crippen molar-refractivity contribution in [2.75, 3.05) is 18.0 Å². The van der Waals surface area contributed by atoms with Crippen LogP contribution in [0, 0.1) is 21.4 Å². The van der Waals surface area contributed by atoms with E-state index >= 15 is 0 Å². The molecule has 0 radical (unpaired) electrons. The number of nitrogens with zero attached hydrogens (tertiary/aromatic N) is 3. The molecule has 1 unspecified atom stereocenters. The first kappa shape index (κ1) is 16.9. The highest BCUT2D eigenvalue weighted by atomic mass is 16.6. The van der Waals surface area contributed by atoms with Gasteiger partial charge in [0.2, 0.25) is 5.88 Å². The van der Waals surface area contributed by atoms with Crippen LogP contribution in [0.1, 0.15) is 29.9 Å². The molecule has 0 amide bonds. The zero-order chi connectivity index (χ0) is 19.0. The van der Waals surface area contributed by atoms with Crippen LogP contribution in [0.2, 0.25) is 0 Å². The van der Waals surface area contributed by atoms with E-state index in [1.165, 1.54) is 12.1 Å². The summed E-state index contributed by atoms with van der Waals surface area (Å²) >= 11 is 0. The number of anilines is 1. The van der Waals surface area contributed by atoms with Gasteiger partial charge >= 0.3 is 0 Å². The number of non-ortho nitro benzene ring substituents is 1. The number of nitriles is 1. The third-order valence-corrected chi connectivity index (χ3v) is 5.09. The summed E-state index contributed by atoms with van der Waals surface area (Å²) in [5, 5.41) is 20.8. The number of hydrogen-bond acceptors (Lipinski definition) is 6. The molecule has 0 aromatic heterocycles. The second kappa shape index (κ2) is 6.65. The van der Waals surface area contributed by atoms with E-state index in [1.807, 2.05) is 18.2 Å². The normalized spacial score (nSPS) is 18.6. The van der Waals surface area contributed by atoms with Gasteiger partial charge in [-0.2, -0.15) is 5.26 Å². The van der Waals surface area contributed by atoms with Crippen molar-refractivity contribution in [2.24, 2.45) is 5.73 Å². The molecule has 2 aromatic rings. The molecule has 1 saturated heterocycles. The highest BCUT2D eigenvalue weighted by Gasteiger charge is 2.32. The molecule has 0 spiro atoms. The maximum absolute atomic E-state index is 11.2. The van der Waals surface area contributed by atoms with Crippen molar-refractivity contribution >= 4 is 11.4 Å². The molecule has 1 fully saturated rings. The van der Waals surface area contributed by atoms with Crippen LogP contribution in [-0.2, 0) is 0 Å². The maximum Gasteiger partial charge on any atom is 0.269 e. The smallest absolute Gasteiger partial charge is 0.269 e. The molecule has 0 bridgehead atoms. The number of fused-ring (bicyclic) bond motifs is 1. The molecule has 0 saturated carbocycles. The van der Waals surface area contributed by atoms with Gasteiger partial charge in [-0.05, 0) is 24.5 Å². The lowest BCUT2D eigenvalue weighted by molar-refractivity contribution is -0.384.